The maximum atomic E-state index is 13.1. The summed E-state index contributed by atoms with van der Waals surface area (Å²) in [7, 11) is 0. The number of benzene rings is 2. The molecule has 0 saturated carbocycles. The number of carbonyl (C=O) groups is 2. The fourth-order valence-electron chi connectivity index (χ4n) is 2.87. The molecule has 3 rings (SSSR count). The highest BCUT2D eigenvalue weighted by Crippen LogP contribution is 2.34. The molecule has 0 aliphatic carbocycles. The number of amides is 2. The lowest BCUT2D eigenvalue weighted by Gasteiger charge is -2.23. The Morgan fingerprint density at radius 3 is 2.55 bits per heavy atom. The minimum atomic E-state index is -4.63. The molecule has 150 valence electrons. The van der Waals surface area contributed by atoms with Crippen molar-refractivity contribution in [3.8, 4) is 17.6 Å². The van der Waals surface area contributed by atoms with Crippen LogP contribution in [-0.2, 0) is 11.0 Å². The van der Waals surface area contributed by atoms with Gasteiger partial charge in [0.2, 0.25) is 5.91 Å². The molecule has 2 aromatic carbocycles. The molecule has 2 amide bonds. The van der Waals surface area contributed by atoms with Gasteiger partial charge in [0.15, 0.2) is 0 Å². The second-order valence-electron chi connectivity index (χ2n) is 6.46. The Labute approximate surface area is 164 Å². The Morgan fingerprint density at radius 2 is 1.93 bits per heavy atom. The number of alkyl halides is 3. The predicted molar refractivity (Wildman–Crippen MR) is 96.2 cm³/mol. The summed E-state index contributed by atoms with van der Waals surface area (Å²) in [5.74, 6) is -0.811. The number of ether oxygens (including phenoxy) is 1. The van der Waals surface area contributed by atoms with Crippen LogP contribution in [0.4, 0.5) is 13.2 Å². The molecule has 1 fully saturated rings. The number of hydrogen-bond acceptors (Lipinski definition) is 4. The van der Waals surface area contributed by atoms with Crippen molar-refractivity contribution >= 4 is 11.8 Å². The highest BCUT2D eigenvalue weighted by Gasteiger charge is 2.32. The predicted octanol–water partition coefficient (Wildman–Crippen LogP) is 3.38. The zero-order valence-electron chi connectivity index (χ0n) is 15.0. The summed E-state index contributed by atoms with van der Waals surface area (Å²) in [6.07, 6.45) is -4.11. The summed E-state index contributed by atoms with van der Waals surface area (Å²) in [4.78, 5) is 24.2. The van der Waals surface area contributed by atoms with Crippen molar-refractivity contribution in [1.29, 1.82) is 5.26 Å². The number of carbonyl (C=O) groups excluding carboxylic acids is 2. The van der Waals surface area contributed by atoms with E-state index in [2.05, 4.69) is 10.6 Å². The Morgan fingerprint density at radius 1 is 1.21 bits per heavy atom. The lowest BCUT2D eigenvalue weighted by atomic mass is 10.0. The van der Waals surface area contributed by atoms with Gasteiger partial charge in [-0.1, -0.05) is 0 Å². The second kappa shape index (κ2) is 8.22. The van der Waals surface area contributed by atoms with Crippen molar-refractivity contribution in [2.75, 3.05) is 6.54 Å². The lowest BCUT2D eigenvalue weighted by Crippen LogP contribution is -2.45. The number of hydrogen-bond donors (Lipinski definition) is 2. The van der Waals surface area contributed by atoms with Gasteiger partial charge in [0, 0.05) is 19.0 Å². The van der Waals surface area contributed by atoms with Crippen molar-refractivity contribution < 1.29 is 27.5 Å². The third-order valence-corrected chi connectivity index (χ3v) is 4.34. The molecule has 9 heteroatoms. The molecule has 1 heterocycles. The van der Waals surface area contributed by atoms with Gasteiger partial charge >= 0.3 is 6.18 Å². The SMILES string of the molecule is N#Cc1ccc(Oc2ccc(C(F)(F)F)cc2C(=O)NC2CCNC(=O)C2)cc1. The summed E-state index contributed by atoms with van der Waals surface area (Å²) in [5, 5.41) is 14.1. The van der Waals surface area contributed by atoms with Gasteiger partial charge in [0.05, 0.1) is 22.8 Å². The van der Waals surface area contributed by atoms with Crippen LogP contribution in [-0.4, -0.2) is 24.4 Å². The highest BCUT2D eigenvalue weighted by atomic mass is 19.4. The topological polar surface area (TPSA) is 91.2 Å². The normalized spacial score (nSPS) is 16.5. The lowest BCUT2D eigenvalue weighted by molar-refractivity contribution is -0.137. The molecule has 0 aromatic heterocycles. The van der Waals surface area contributed by atoms with Crippen LogP contribution in [0.25, 0.3) is 0 Å². The van der Waals surface area contributed by atoms with Crippen molar-refractivity contribution in [1.82, 2.24) is 10.6 Å². The Hall–Kier alpha value is -3.54. The van der Waals surface area contributed by atoms with Crippen molar-refractivity contribution in [3.63, 3.8) is 0 Å². The van der Waals surface area contributed by atoms with Gasteiger partial charge in [-0.25, -0.2) is 0 Å². The minimum absolute atomic E-state index is 0.0521. The smallest absolute Gasteiger partial charge is 0.416 e. The maximum Gasteiger partial charge on any atom is 0.416 e. The summed E-state index contributed by atoms with van der Waals surface area (Å²) >= 11 is 0. The molecule has 0 bridgehead atoms. The van der Waals surface area contributed by atoms with E-state index in [9.17, 15) is 22.8 Å². The quantitative estimate of drug-likeness (QED) is 0.819. The summed E-state index contributed by atoms with van der Waals surface area (Å²) in [6, 6.07) is 10.0. The Balaban J connectivity index is 1.89. The first-order valence-corrected chi connectivity index (χ1v) is 8.73. The molecule has 2 aromatic rings. The fraction of sp³-hybridized carbons (Fsp3) is 0.250. The third-order valence-electron chi connectivity index (χ3n) is 4.34. The first-order chi connectivity index (χ1) is 13.8. The molecule has 29 heavy (non-hydrogen) atoms. The average Bonchev–Trinajstić information content (AvgIpc) is 2.68. The number of piperidine rings is 1. The molecule has 6 nitrogen and oxygen atoms in total. The van der Waals surface area contributed by atoms with E-state index < -0.39 is 23.7 Å². The number of halogens is 3. The molecule has 1 aliphatic heterocycles. The van der Waals surface area contributed by atoms with Crippen LogP contribution in [0.1, 0.15) is 34.3 Å². The number of rotatable bonds is 4. The van der Waals surface area contributed by atoms with E-state index in [4.69, 9.17) is 10.00 Å². The molecule has 2 N–H and O–H groups in total. The third kappa shape index (κ3) is 5.04. The maximum absolute atomic E-state index is 13.1. The van der Waals surface area contributed by atoms with E-state index in [1.807, 2.05) is 6.07 Å². The molecule has 1 aliphatic rings. The molecule has 0 spiro atoms. The number of nitrogens with one attached hydrogen (secondary N) is 2. The molecule has 1 atom stereocenters. The highest BCUT2D eigenvalue weighted by molar-refractivity contribution is 5.97. The van der Waals surface area contributed by atoms with Crippen LogP contribution < -0.4 is 15.4 Å². The van der Waals surface area contributed by atoms with E-state index in [-0.39, 0.29) is 29.4 Å². The summed E-state index contributed by atoms with van der Waals surface area (Å²) in [5.41, 5.74) is -0.898. The zero-order chi connectivity index (χ0) is 21.0. The standard InChI is InChI=1S/C20H16F3N3O3/c21-20(22,23)13-3-6-17(29-15-4-1-12(11-24)2-5-15)16(9-13)19(28)26-14-7-8-25-18(27)10-14/h1-6,9,14H,7-8,10H2,(H,25,27)(H,26,28). The minimum Gasteiger partial charge on any atom is -0.457 e. The average molecular weight is 403 g/mol. The van der Waals surface area contributed by atoms with Crippen LogP contribution >= 0.6 is 0 Å². The molecular weight excluding hydrogens is 387 g/mol. The van der Waals surface area contributed by atoms with Crippen molar-refractivity contribution in [3.05, 3.63) is 59.2 Å². The molecular formula is C20H16F3N3O3. The number of nitrogens with zero attached hydrogens (tertiary/aromatic N) is 1. The van der Waals surface area contributed by atoms with Crippen molar-refractivity contribution in [2.24, 2.45) is 0 Å². The first kappa shape index (κ1) is 20.2. The van der Waals surface area contributed by atoms with E-state index in [0.717, 1.165) is 18.2 Å². The van der Waals surface area contributed by atoms with Crippen LogP contribution in [0.3, 0.4) is 0 Å². The molecule has 0 radical (unpaired) electrons. The first-order valence-electron chi connectivity index (χ1n) is 8.73. The van der Waals surface area contributed by atoms with Gasteiger partial charge in [0.1, 0.15) is 11.5 Å². The van der Waals surface area contributed by atoms with E-state index in [0.29, 0.717) is 18.5 Å². The van der Waals surface area contributed by atoms with Gasteiger partial charge in [-0.3, -0.25) is 9.59 Å². The van der Waals surface area contributed by atoms with Gasteiger partial charge in [0.25, 0.3) is 5.91 Å². The molecule has 1 saturated heterocycles. The molecule has 1 unspecified atom stereocenters. The summed E-state index contributed by atoms with van der Waals surface area (Å²) in [6.45, 7) is 0.376. The zero-order valence-corrected chi connectivity index (χ0v) is 15.0. The van der Waals surface area contributed by atoms with Gasteiger partial charge in [-0.05, 0) is 48.9 Å². The Bertz CT molecular complexity index is 966. The van der Waals surface area contributed by atoms with Gasteiger partial charge < -0.3 is 15.4 Å². The van der Waals surface area contributed by atoms with Gasteiger partial charge in [-0.15, -0.1) is 0 Å². The monoisotopic (exact) mass is 403 g/mol. The second-order valence-corrected chi connectivity index (χ2v) is 6.46. The van der Waals surface area contributed by atoms with Crippen LogP contribution in [0.15, 0.2) is 42.5 Å². The van der Waals surface area contributed by atoms with Crippen molar-refractivity contribution in [2.45, 2.75) is 25.1 Å². The Kier molecular flexibility index (Phi) is 5.73. The fourth-order valence-corrected chi connectivity index (χ4v) is 2.87. The van der Waals surface area contributed by atoms with Crippen LogP contribution in [0.5, 0.6) is 11.5 Å². The number of nitriles is 1. The van der Waals surface area contributed by atoms with Crippen LogP contribution in [0, 0.1) is 11.3 Å². The van der Waals surface area contributed by atoms with E-state index in [1.165, 1.54) is 24.3 Å². The largest absolute Gasteiger partial charge is 0.457 e. The van der Waals surface area contributed by atoms with E-state index in [1.54, 1.807) is 0 Å². The van der Waals surface area contributed by atoms with E-state index >= 15 is 0 Å². The van der Waals surface area contributed by atoms with Gasteiger partial charge in [-0.2, -0.15) is 18.4 Å². The summed E-state index contributed by atoms with van der Waals surface area (Å²) < 4.78 is 45.0. The van der Waals surface area contributed by atoms with Crippen LogP contribution in [0.2, 0.25) is 0 Å².